The molecule has 14 rings (SSSR count). The monoisotopic (exact) mass is 1920 g/mol. The highest BCUT2D eigenvalue weighted by Gasteiger charge is 2.61. The maximum atomic E-state index is 11.0. The number of halogens is 5. The number of nitrogens with zero attached hydrogens (tertiary/aromatic N) is 18. The number of aryl methyl sites for hydroxylation is 1. The first kappa shape index (κ1) is 99.3. The number of alkyl halides is 5. The molecule has 0 radical (unpaired) electrons. The third-order valence-electron chi connectivity index (χ3n) is 22.1. The average molecular weight is 1920 g/mol. The lowest BCUT2D eigenvalue weighted by atomic mass is 9.96. The first-order valence-electron chi connectivity index (χ1n) is 39.8. The quantitative estimate of drug-likeness (QED) is 0.0164. The Morgan fingerprint density at radius 3 is 1.05 bits per heavy atom. The van der Waals surface area contributed by atoms with E-state index in [1.165, 1.54) is 52.9 Å². The van der Waals surface area contributed by atoms with Crippen molar-refractivity contribution >= 4 is 58.0 Å². The lowest BCUT2D eigenvalue weighted by Gasteiger charge is -2.43. The molecule has 8 saturated heterocycles. The molecule has 0 spiro atoms. The van der Waals surface area contributed by atoms with Crippen LogP contribution < -0.4 is 0 Å². The van der Waals surface area contributed by atoms with Crippen LogP contribution in [0.2, 0.25) is 0 Å². The van der Waals surface area contributed by atoms with Gasteiger partial charge >= 0.3 is 0 Å². The maximum Gasteiger partial charge on any atom is 0.214 e. The van der Waals surface area contributed by atoms with E-state index in [0.717, 1.165) is 0 Å². The molecule has 0 amide bonds. The van der Waals surface area contributed by atoms with Crippen molar-refractivity contribution in [2.45, 2.75) is 316 Å². The number of ether oxygens (including phenoxy) is 15. The number of rotatable bonds is 35. The zero-order valence-electron chi connectivity index (χ0n) is 67.0. The van der Waals surface area contributed by atoms with Gasteiger partial charge in [0.15, 0.2) is 37.7 Å². The molecule has 0 aromatic carbocycles. The lowest BCUT2D eigenvalue weighted by molar-refractivity contribution is -0.358. The minimum Gasteiger partial charge on any atom is -0.394 e. The van der Waals surface area contributed by atoms with Crippen LogP contribution in [0.4, 0.5) is 0 Å². The summed E-state index contributed by atoms with van der Waals surface area (Å²) in [7, 11) is 0. The minimum absolute atomic E-state index is 0.0135. The molecule has 14 heterocycles. The van der Waals surface area contributed by atoms with E-state index in [-0.39, 0.29) is 95.1 Å². The molecular weight excluding hydrogens is 1820 g/mol. The number of hydrogen-bond donors (Lipinski definition) is 21. The Hall–Kier alpha value is -5.15. The summed E-state index contributed by atoms with van der Waals surface area (Å²) in [5.74, 6) is -5.35. The van der Waals surface area contributed by atoms with Crippen LogP contribution >= 0.6 is 58.0 Å². The van der Waals surface area contributed by atoms with Crippen molar-refractivity contribution in [3.8, 4) is 0 Å². The molecule has 0 unspecified atom stereocenters. The SMILES string of the molecule is CCOCc1cn(C[C@@H]2O[C@H](OCn3cc(C[C@H]4O[C@@H](OCc5cn(C[C@H]6O[C@@](CCl)(O[C@H]7O[C@H](CO)[C@H](Cl)[C@H](O)[C@H]7O)[C@@H](O)[C@@H]6O)nn5)[C@@H](O)[C@@H](O)[C@H]4O)nn3)[C@H](O)[C@H](O)[C@@H]2O)nn1.Cc1cn(C[C@H]2O[C@@H](OCn3cc(C[C@@H]4O[C@H](OCc5cn(C[C@@H]6O[C@](CCl)(O[C@H]7O[C@@H](CO)[C@@H](Cl)[C@@H](Cl)[C@@H]7O)[C@H](O)[C@@H]6O)nn5)[C@H](O)[C@H](O)[C@@H]4O)nn3)[C@@H](O)[C@@H](O)[C@H]2O)nn1. The van der Waals surface area contributed by atoms with E-state index in [9.17, 15) is 107 Å². The van der Waals surface area contributed by atoms with Crippen LogP contribution in [0.3, 0.4) is 0 Å². The fraction of sp³-hybridized carbons (Fsp3) is 0.824. The Balaban J connectivity index is 0.000000218. The van der Waals surface area contributed by atoms with Gasteiger partial charge in [0.05, 0.1) is 147 Å². The summed E-state index contributed by atoms with van der Waals surface area (Å²) in [4.78, 5) is 0. The second-order valence-electron chi connectivity index (χ2n) is 31.3. The summed E-state index contributed by atoms with van der Waals surface area (Å²) in [6, 6.07) is 0. The van der Waals surface area contributed by atoms with Gasteiger partial charge < -0.3 is 178 Å². The molecule has 8 aliphatic rings. The molecule has 127 heavy (non-hydrogen) atoms. The van der Waals surface area contributed by atoms with E-state index in [0.29, 0.717) is 18.0 Å². The highest BCUT2D eigenvalue weighted by molar-refractivity contribution is 6.30. The van der Waals surface area contributed by atoms with E-state index >= 15 is 0 Å². The highest BCUT2D eigenvalue weighted by Crippen LogP contribution is 2.42. The van der Waals surface area contributed by atoms with Gasteiger partial charge in [-0.2, -0.15) is 0 Å². The maximum absolute atomic E-state index is 11.0. The van der Waals surface area contributed by atoms with Crippen molar-refractivity contribution < 1.29 is 178 Å². The van der Waals surface area contributed by atoms with Gasteiger partial charge in [-0.15, -0.1) is 88.6 Å². The van der Waals surface area contributed by atoms with Crippen LogP contribution in [0.15, 0.2) is 37.2 Å². The van der Waals surface area contributed by atoms with Gasteiger partial charge in [0.2, 0.25) is 11.6 Å². The van der Waals surface area contributed by atoms with E-state index in [4.69, 9.17) is 129 Å². The van der Waals surface area contributed by atoms with Gasteiger partial charge in [-0.1, -0.05) is 31.3 Å². The van der Waals surface area contributed by atoms with E-state index in [1.807, 2.05) is 6.92 Å². The zero-order chi connectivity index (χ0) is 91.4. The number of aromatic nitrogens is 18. The van der Waals surface area contributed by atoms with E-state index in [1.54, 1.807) is 19.3 Å². The first-order chi connectivity index (χ1) is 60.6. The number of aliphatic hydroxyl groups excluding tert-OH is 21. The molecule has 38 atom stereocenters. The van der Waals surface area contributed by atoms with Crippen molar-refractivity contribution in [3.05, 3.63) is 71.3 Å². The molecule has 59 heteroatoms. The Morgan fingerprint density at radius 2 is 0.654 bits per heavy atom. The third-order valence-corrected chi connectivity index (χ3v) is 24.6. The van der Waals surface area contributed by atoms with Gasteiger partial charge in [-0.25, -0.2) is 28.1 Å². The molecule has 0 saturated carbocycles. The standard InChI is InChI=1S/C35H53Cl2N9O19.C33H48Cl3N9O17/c1-2-58-10-15-5-44(41-39-15)7-18-23(49)27(53)30(56)33(62-18)60-13-46-4-14(38-43-46)3-17-22(48)26(52)29(55)32(61-17)59-11-16-6-45(42-40-16)8-19-24(50)31(57)35(12-36,64-19)65-34-28(54)25(51)21(37)20(9-47)63-34;1-12-3-43(40-37-12)6-16-22(48)26(52)28(54)31(59-16)57-11-45-4-13(38-42-45)2-15-21(47)25(51)27(53)30(58-15)56-9-14-5-44(41-39-14)7-17-23(49)29(55)33(10-34,61-17)62-32-24(50)20(36)19(35)18(8-46)60-32/h4-6,17-34,47-57H,2-3,7-13H2,1H3;3-5,15-32,46-55H,2,6-11H2,1H3/t17-,18+,19-,20-,21+,22+,23-,24-,25+,26+,27-,28-,29+,30-,31+,32-,33+,34-,35+;15-,16+,17-,18-,19+,20+,21+,22-,23+,24-,25+,26-,27+,28-,29+,30-,31+,32+,33+/m10/s1. The van der Waals surface area contributed by atoms with Gasteiger partial charge in [0.25, 0.3) is 0 Å². The Labute approximate surface area is 742 Å². The molecule has 0 aliphatic carbocycles. The van der Waals surface area contributed by atoms with Crippen molar-refractivity contribution in [2.75, 3.05) is 31.6 Å². The summed E-state index contributed by atoms with van der Waals surface area (Å²) < 4.78 is 93.1. The van der Waals surface area contributed by atoms with Gasteiger partial charge in [0.1, 0.15) is 183 Å². The van der Waals surface area contributed by atoms with Gasteiger partial charge in [-0.05, 0) is 13.8 Å². The lowest BCUT2D eigenvalue weighted by Crippen LogP contribution is -2.61. The minimum atomic E-state index is -2.15. The molecular formula is C68H101Cl5N18O36. The van der Waals surface area contributed by atoms with E-state index < -0.39 is 255 Å². The molecule has 6 aromatic heterocycles. The fourth-order valence-corrected chi connectivity index (χ4v) is 16.4. The smallest absolute Gasteiger partial charge is 0.214 e. The Morgan fingerprint density at radius 1 is 0.331 bits per heavy atom. The van der Waals surface area contributed by atoms with E-state index in [2.05, 4.69) is 61.9 Å². The summed E-state index contributed by atoms with van der Waals surface area (Å²) in [5, 5.41) is 266. The van der Waals surface area contributed by atoms with Crippen molar-refractivity contribution in [3.63, 3.8) is 0 Å². The molecule has 8 aliphatic heterocycles. The normalized spacial score (nSPS) is 40.8. The highest BCUT2D eigenvalue weighted by atomic mass is 35.5. The second-order valence-corrected chi connectivity index (χ2v) is 33.3. The molecule has 714 valence electrons. The molecule has 21 N–H and O–H groups in total. The predicted molar refractivity (Wildman–Crippen MR) is 407 cm³/mol. The summed E-state index contributed by atoms with van der Waals surface area (Å²) in [6.07, 6.45) is -40.3. The molecule has 8 fully saturated rings. The second kappa shape index (κ2) is 43.5. The van der Waals surface area contributed by atoms with Crippen molar-refractivity contribution in [1.29, 1.82) is 0 Å². The molecule has 6 aromatic rings. The largest absolute Gasteiger partial charge is 0.394 e. The van der Waals surface area contributed by atoms with Crippen molar-refractivity contribution in [2.24, 2.45) is 0 Å². The number of aliphatic hydroxyl groups is 21. The third kappa shape index (κ3) is 22.6. The fourth-order valence-electron chi connectivity index (χ4n) is 14.9. The first-order valence-corrected chi connectivity index (χ1v) is 42.1. The van der Waals surface area contributed by atoms with Gasteiger partial charge in [-0.3, -0.25) is 0 Å². The molecule has 0 bridgehead atoms. The van der Waals surface area contributed by atoms with Crippen LogP contribution in [-0.4, -0.2) is 459 Å². The topological polar surface area (TPSA) is 748 Å². The Bertz CT molecular complexity index is 4390. The molecule has 54 nitrogen and oxygen atoms in total. The summed E-state index contributed by atoms with van der Waals surface area (Å²) in [6.45, 7) is 1.32. The summed E-state index contributed by atoms with van der Waals surface area (Å²) in [5.41, 5.74) is 2.05. The zero-order valence-corrected chi connectivity index (χ0v) is 70.8. The Kier molecular flexibility index (Phi) is 34.0. The van der Waals surface area contributed by atoms with Crippen LogP contribution in [0, 0.1) is 6.92 Å². The predicted octanol–water partition coefficient (Wildman–Crippen LogP) is -12.7. The van der Waals surface area contributed by atoms with Crippen molar-refractivity contribution in [1.82, 2.24) is 90.0 Å². The van der Waals surface area contributed by atoms with Crippen LogP contribution in [0.5, 0.6) is 0 Å². The van der Waals surface area contributed by atoms with Crippen LogP contribution in [0.25, 0.3) is 0 Å². The van der Waals surface area contributed by atoms with Crippen LogP contribution in [0.1, 0.15) is 41.1 Å². The number of hydrogen-bond acceptors (Lipinski definition) is 48. The van der Waals surface area contributed by atoms with Crippen LogP contribution in [-0.2, 0) is 143 Å². The summed E-state index contributed by atoms with van der Waals surface area (Å²) >= 11 is 30.7. The average Bonchev–Trinajstić information content (AvgIpc) is 1.65. The van der Waals surface area contributed by atoms with Gasteiger partial charge in [0, 0.05) is 25.6 Å².